The van der Waals surface area contributed by atoms with Crippen LogP contribution in [-0.4, -0.2) is 24.1 Å². The SMILES string of the molecule is CN(C)Nc1cccc(N)n1. The van der Waals surface area contributed by atoms with Crippen molar-refractivity contribution in [3.8, 4) is 0 Å². The molecule has 0 aliphatic rings. The van der Waals surface area contributed by atoms with E-state index in [1.54, 1.807) is 6.07 Å². The summed E-state index contributed by atoms with van der Waals surface area (Å²) < 4.78 is 0. The van der Waals surface area contributed by atoms with E-state index >= 15 is 0 Å². The molecule has 1 rings (SSSR count). The molecule has 0 fully saturated rings. The second-order valence-electron chi connectivity index (χ2n) is 2.45. The number of hydrogen-bond donors (Lipinski definition) is 2. The lowest BCUT2D eigenvalue weighted by Crippen LogP contribution is -2.20. The van der Waals surface area contributed by atoms with Crippen molar-refractivity contribution < 1.29 is 0 Å². The van der Waals surface area contributed by atoms with Gasteiger partial charge in [-0.25, -0.2) is 9.99 Å². The van der Waals surface area contributed by atoms with Gasteiger partial charge in [-0.15, -0.1) is 0 Å². The van der Waals surface area contributed by atoms with E-state index in [0.29, 0.717) is 5.82 Å². The highest BCUT2D eigenvalue weighted by Gasteiger charge is 1.93. The Morgan fingerprint density at radius 1 is 1.45 bits per heavy atom. The summed E-state index contributed by atoms with van der Waals surface area (Å²) in [6, 6.07) is 5.46. The van der Waals surface area contributed by atoms with Gasteiger partial charge in [-0.05, 0) is 12.1 Å². The third kappa shape index (κ3) is 2.43. The first kappa shape index (κ1) is 7.81. The average molecular weight is 152 g/mol. The molecule has 11 heavy (non-hydrogen) atoms. The van der Waals surface area contributed by atoms with Crippen molar-refractivity contribution in [2.75, 3.05) is 25.3 Å². The maximum absolute atomic E-state index is 5.46. The zero-order chi connectivity index (χ0) is 8.27. The van der Waals surface area contributed by atoms with Crippen LogP contribution >= 0.6 is 0 Å². The number of rotatable bonds is 2. The molecule has 1 heterocycles. The quantitative estimate of drug-likeness (QED) is 0.608. The van der Waals surface area contributed by atoms with Crippen molar-refractivity contribution in [2.45, 2.75) is 0 Å². The summed E-state index contributed by atoms with van der Waals surface area (Å²) in [5.74, 6) is 1.28. The van der Waals surface area contributed by atoms with Crippen LogP contribution in [0.3, 0.4) is 0 Å². The lowest BCUT2D eigenvalue weighted by molar-refractivity contribution is 0.492. The largest absolute Gasteiger partial charge is 0.384 e. The third-order valence-corrected chi connectivity index (χ3v) is 1.11. The molecule has 3 N–H and O–H groups in total. The Hall–Kier alpha value is -1.29. The van der Waals surface area contributed by atoms with E-state index in [0.717, 1.165) is 5.82 Å². The Morgan fingerprint density at radius 2 is 2.18 bits per heavy atom. The molecule has 0 atom stereocenters. The molecule has 1 aromatic heterocycles. The number of hydrazine groups is 1. The number of nitrogens with one attached hydrogen (secondary N) is 1. The summed E-state index contributed by atoms with van der Waals surface area (Å²) in [7, 11) is 3.79. The van der Waals surface area contributed by atoms with Gasteiger partial charge in [0.1, 0.15) is 11.6 Å². The Labute approximate surface area is 66.0 Å². The second-order valence-corrected chi connectivity index (χ2v) is 2.45. The molecular weight excluding hydrogens is 140 g/mol. The van der Waals surface area contributed by atoms with E-state index in [2.05, 4.69) is 10.4 Å². The number of pyridine rings is 1. The highest BCUT2D eigenvalue weighted by molar-refractivity contribution is 5.41. The maximum atomic E-state index is 5.46. The molecule has 4 heteroatoms. The molecule has 0 radical (unpaired) electrons. The van der Waals surface area contributed by atoms with Crippen LogP contribution in [0.4, 0.5) is 11.6 Å². The van der Waals surface area contributed by atoms with Gasteiger partial charge in [-0.1, -0.05) is 6.07 Å². The van der Waals surface area contributed by atoms with E-state index in [4.69, 9.17) is 5.73 Å². The van der Waals surface area contributed by atoms with Gasteiger partial charge in [0.15, 0.2) is 0 Å². The van der Waals surface area contributed by atoms with Crippen molar-refractivity contribution in [2.24, 2.45) is 0 Å². The fourth-order valence-electron chi connectivity index (χ4n) is 0.743. The topological polar surface area (TPSA) is 54.2 Å². The van der Waals surface area contributed by atoms with Gasteiger partial charge < -0.3 is 11.2 Å². The molecule has 0 spiro atoms. The molecule has 4 nitrogen and oxygen atoms in total. The highest BCUT2D eigenvalue weighted by atomic mass is 15.5. The van der Waals surface area contributed by atoms with Crippen LogP contribution < -0.4 is 11.2 Å². The molecule has 60 valence electrons. The summed E-state index contributed by atoms with van der Waals surface area (Å²) in [6.45, 7) is 0. The normalized spacial score (nSPS) is 10.1. The number of anilines is 2. The maximum Gasteiger partial charge on any atom is 0.142 e. The van der Waals surface area contributed by atoms with Crippen molar-refractivity contribution >= 4 is 11.6 Å². The summed E-state index contributed by atoms with van der Waals surface area (Å²) in [5.41, 5.74) is 8.45. The number of nitrogens with two attached hydrogens (primary N) is 1. The third-order valence-electron chi connectivity index (χ3n) is 1.11. The second kappa shape index (κ2) is 3.21. The van der Waals surface area contributed by atoms with Crippen LogP contribution in [0.15, 0.2) is 18.2 Å². The molecule has 0 saturated carbocycles. The van der Waals surface area contributed by atoms with E-state index in [-0.39, 0.29) is 0 Å². The Morgan fingerprint density at radius 3 is 2.73 bits per heavy atom. The molecular formula is C7H12N4. The molecule has 0 unspecified atom stereocenters. The predicted molar refractivity (Wildman–Crippen MR) is 46.0 cm³/mol. The predicted octanol–water partition coefficient (Wildman–Crippen LogP) is 0.552. The van der Waals surface area contributed by atoms with Crippen LogP contribution in [0.5, 0.6) is 0 Å². The van der Waals surface area contributed by atoms with Crippen molar-refractivity contribution in [3.05, 3.63) is 18.2 Å². The molecule has 0 aliphatic heterocycles. The van der Waals surface area contributed by atoms with Gasteiger partial charge in [0, 0.05) is 14.1 Å². The number of nitrogen functional groups attached to an aromatic ring is 1. The van der Waals surface area contributed by atoms with Gasteiger partial charge in [0.2, 0.25) is 0 Å². The van der Waals surface area contributed by atoms with E-state index in [9.17, 15) is 0 Å². The lowest BCUT2D eigenvalue weighted by Gasteiger charge is -2.11. The lowest BCUT2D eigenvalue weighted by atomic mass is 10.4. The summed E-state index contributed by atoms with van der Waals surface area (Å²) in [6.07, 6.45) is 0. The van der Waals surface area contributed by atoms with Crippen LogP contribution in [0.2, 0.25) is 0 Å². The van der Waals surface area contributed by atoms with Gasteiger partial charge in [-0.2, -0.15) is 0 Å². The van der Waals surface area contributed by atoms with Gasteiger partial charge >= 0.3 is 0 Å². The Balaban J connectivity index is 2.71. The minimum Gasteiger partial charge on any atom is -0.384 e. The Bertz CT molecular complexity index is 234. The van der Waals surface area contributed by atoms with Gasteiger partial charge in [0.05, 0.1) is 0 Å². The van der Waals surface area contributed by atoms with Gasteiger partial charge in [0.25, 0.3) is 0 Å². The minimum absolute atomic E-state index is 0.525. The molecule has 0 aliphatic carbocycles. The summed E-state index contributed by atoms with van der Waals surface area (Å²) in [4.78, 5) is 4.04. The average Bonchev–Trinajstić information content (AvgIpc) is 1.85. The van der Waals surface area contributed by atoms with Crippen LogP contribution in [0.1, 0.15) is 0 Å². The van der Waals surface area contributed by atoms with Crippen LogP contribution in [-0.2, 0) is 0 Å². The fourth-order valence-corrected chi connectivity index (χ4v) is 0.743. The molecule has 1 aromatic rings. The van der Waals surface area contributed by atoms with Crippen LogP contribution in [0, 0.1) is 0 Å². The zero-order valence-corrected chi connectivity index (χ0v) is 6.70. The Kier molecular flexibility index (Phi) is 2.28. The monoisotopic (exact) mass is 152 g/mol. The highest BCUT2D eigenvalue weighted by Crippen LogP contribution is 2.04. The zero-order valence-electron chi connectivity index (χ0n) is 6.70. The smallest absolute Gasteiger partial charge is 0.142 e. The van der Waals surface area contributed by atoms with Crippen molar-refractivity contribution in [1.29, 1.82) is 0 Å². The molecule has 0 aromatic carbocycles. The van der Waals surface area contributed by atoms with Crippen molar-refractivity contribution in [3.63, 3.8) is 0 Å². The van der Waals surface area contributed by atoms with E-state index < -0.39 is 0 Å². The first-order chi connectivity index (χ1) is 5.18. The number of nitrogens with zero attached hydrogens (tertiary/aromatic N) is 2. The van der Waals surface area contributed by atoms with E-state index in [1.165, 1.54) is 0 Å². The minimum atomic E-state index is 0.525. The summed E-state index contributed by atoms with van der Waals surface area (Å²) >= 11 is 0. The molecule has 0 amide bonds. The standard InChI is InChI=1S/C7H12N4/c1-11(2)10-7-5-3-4-6(8)9-7/h3-5H,1-2H3,(H3,8,9,10). The fraction of sp³-hybridized carbons (Fsp3) is 0.286. The first-order valence-corrected chi connectivity index (χ1v) is 3.35. The van der Waals surface area contributed by atoms with Crippen LogP contribution in [0.25, 0.3) is 0 Å². The van der Waals surface area contributed by atoms with E-state index in [1.807, 2.05) is 31.2 Å². The summed E-state index contributed by atoms with van der Waals surface area (Å²) in [5, 5.41) is 1.81. The number of hydrogen-bond acceptors (Lipinski definition) is 4. The van der Waals surface area contributed by atoms with Crippen molar-refractivity contribution in [1.82, 2.24) is 9.99 Å². The molecule has 0 saturated heterocycles. The number of aromatic nitrogens is 1. The van der Waals surface area contributed by atoms with Gasteiger partial charge in [-0.3, -0.25) is 0 Å². The first-order valence-electron chi connectivity index (χ1n) is 3.35. The molecule has 0 bridgehead atoms.